The molecular weight excluding hydrogens is 340 g/mol. The summed E-state index contributed by atoms with van der Waals surface area (Å²) in [6, 6.07) is 3.32. The summed E-state index contributed by atoms with van der Waals surface area (Å²) in [6.45, 7) is 6.21. The molecule has 1 atom stereocenters. The summed E-state index contributed by atoms with van der Waals surface area (Å²) in [5.41, 5.74) is 0.479. The van der Waals surface area contributed by atoms with E-state index in [0.717, 1.165) is 0 Å². The van der Waals surface area contributed by atoms with Gasteiger partial charge in [-0.05, 0) is 32.9 Å². The Balaban J connectivity index is 2.53. The number of aliphatic imine (C=N–C) groups is 1. The molecule has 3 nitrogen and oxygen atoms in total. The van der Waals surface area contributed by atoms with Crippen LogP contribution in [0.15, 0.2) is 17.1 Å². The highest BCUT2D eigenvalue weighted by Crippen LogP contribution is 2.41. The summed E-state index contributed by atoms with van der Waals surface area (Å²) in [4.78, 5) is 4.41. The van der Waals surface area contributed by atoms with Crippen molar-refractivity contribution in [3.8, 4) is 0 Å². The molecule has 1 unspecified atom stereocenters. The quantitative estimate of drug-likeness (QED) is 0.690. The van der Waals surface area contributed by atoms with Gasteiger partial charge in [0, 0.05) is 5.02 Å². The molecule has 1 aliphatic rings. The number of anilines is 1. The highest BCUT2D eigenvalue weighted by Gasteiger charge is 2.36. The lowest BCUT2D eigenvalue weighted by Crippen LogP contribution is -2.52. The third-order valence-corrected chi connectivity index (χ3v) is 3.97. The Morgan fingerprint density at radius 3 is 2.15 bits per heavy atom. The van der Waals surface area contributed by atoms with Crippen LogP contribution >= 0.6 is 46.4 Å². The summed E-state index contributed by atoms with van der Waals surface area (Å²) in [5.74, 6) is 0.332. The Bertz CT molecular complexity index is 516. The molecule has 110 valence electrons. The van der Waals surface area contributed by atoms with Gasteiger partial charge in [-0.2, -0.15) is 0 Å². The van der Waals surface area contributed by atoms with Gasteiger partial charge in [0.15, 0.2) is 6.17 Å². The van der Waals surface area contributed by atoms with Crippen molar-refractivity contribution in [2.45, 2.75) is 32.5 Å². The van der Waals surface area contributed by atoms with Crippen molar-refractivity contribution in [3.05, 3.63) is 27.2 Å². The Kier molecular flexibility index (Phi) is 4.65. The number of benzene rings is 1. The molecule has 0 radical (unpaired) electrons. The zero-order chi connectivity index (χ0) is 15.1. The Morgan fingerprint density at radius 2 is 1.70 bits per heavy atom. The van der Waals surface area contributed by atoms with E-state index in [4.69, 9.17) is 46.4 Å². The van der Waals surface area contributed by atoms with Gasteiger partial charge in [-0.1, -0.05) is 34.8 Å². The summed E-state index contributed by atoms with van der Waals surface area (Å²) in [6.07, 6.45) is 1.51. The number of nitrogens with zero attached hydrogens (tertiary/aromatic N) is 3. The standard InChI is InChI=1S/C13H15Cl4N3/c1-13(2,3)19-7-18-11(6-14)20(19)12-9(16)4-8(15)5-10(12)17/h4-5,7,11H,6H2,1-3H3. The maximum atomic E-state index is 6.32. The third kappa shape index (κ3) is 2.96. The average Bonchev–Trinajstić information content (AvgIpc) is 2.71. The van der Waals surface area contributed by atoms with E-state index in [9.17, 15) is 0 Å². The molecule has 0 saturated carbocycles. The van der Waals surface area contributed by atoms with E-state index >= 15 is 0 Å². The van der Waals surface area contributed by atoms with Crippen LogP contribution in [0.25, 0.3) is 0 Å². The van der Waals surface area contributed by atoms with Crippen LogP contribution in [0.1, 0.15) is 20.8 Å². The van der Waals surface area contributed by atoms with Crippen molar-refractivity contribution in [2.24, 2.45) is 4.99 Å². The first-order chi connectivity index (χ1) is 9.25. The molecule has 0 N–H and O–H groups in total. The molecule has 1 aromatic carbocycles. The molecule has 0 saturated heterocycles. The Morgan fingerprint density at radius 1 is 1.15 bits per heavy atom. The number of hydrogen-bond acceptors (Lipinski definition) is 3. The van der Waals surface area contributed by atoms with E-state index in [2.05, 4.69) is 25.8 Å². The summed E-state index contributed by atoms with van der Waals surface area (Å²) in [7, 11) is 0. The lowest BCUT2D eigenvalue weighted by molar-refractivity contribution is 0.228. The molecule has 0 bridgehead atoms. The van der Waals surface area contributed by atoms with E-state index < -0.39 is 0 Å². The zero-order valence-corrected chi connectivity index (χ0v) is 14.4. The van der Waals surface area contributed by atoms with Crippen LogP contribution in [0.5, 0.6) is 0 Å². The maximum Gasteiger partial charge on any atom is 0.155 e. The van der Waals surface area contributed by atoms with Gasteiger partial charge < -0.3 is 0 Å². The molecule has 1 aromatic rings. The fourth-order valence-corrected chi connectivity index (χ4v) is 3.21. The predicted octanol–water partition coefficient (Wildman–Crippen LogP) is 5.08. The third-order valence-electron chi connectivity index (χ3n) is 2.90. The second-order valence-electron chi connectivity index (χ2n) is 5.48. The summed E-state index contributed by atoms with van der Waals surface area (Å²) >= 11 is 24.6. The van der Waals surface area contributed by atoms with Crippen LogP contribution in [-0.2, 0) is 0 Å². The number of halogens is 4. The largest absolute Gasteiger partial charge is 0.267 e. The van der Waals surface area contributed by atoms with Crippen LogP contribution in [0.4, 0.5) is 5.69 Å². The topological polar surface area (TPSA) is 18.8 Å². The van der Waals surface area contributed by atoms with Gasteiger partial charge in [0.25, 0.3) is 0 Å². The molecule has 1 aliphatic heterocycles. The number of alkyl halides is 1. The average molecular weight is 355 g/mol. The van der Waals surface area contributed by atoms with Gasteiger partial charge in [0.1, 0.15) is 6.34 Å². The van der Waals surface area contributed by atoms with Crippen LogP contribution in [0.2, 0.25) is 15.1 Å². The highest BCUT2D eigenvalue weighted by molar-refractivity contribution is 6.41. The first kappa shape index (κ1) is 16.0. The summed E-state index contributed by atoms with van der Waals surface area (Å²) in [5, 5.41) is 5.32. The number of rotatable bonds is 2. The maximum absolute atomic E-state index is 6.32. The highest BCUT2D eigenvalue weighted by atomic mass is 35.5. The molecule has 2 rings (SSSR count). The van der Waals surface area contributed by atoms with Crippen molar-refractivity contribution in [1.29, 1.82) is 0 Å². The molecule has 0 fully saturated rings. The van der Waals surface area contributed by atoms with Crippen molar-refractivity contribution >= 4 is 58.4 Å². The van der Waals surface area contributed by atoms with Crippen molar-refractivity contribution in [2.75, 3.05) is 10.9 Å². The number of hydrogen-bond donors (Lipinski definition) is 0. The lowest BCUT2D eigenvalue weighted by Gasteiger charge is -2.42. The normalized spacial score (nSPS) is 19.1. The molecule has 0 aliphatic carbocycles. The molecule has 20 heavy (non-hydrogen) atoms. The van der Waals surface area contributed by atoms with Crippen LogP contribution in [0.3, 0.4) is 0 Å². The predicted molar refractivity (Wildman–Crippen MR) is 88.5 cm³/mol. The fourth-order valence-electron chi connectivity index (χ4n) is 2.01. The second-order valence-corrected chi connectivity index (χ2v) is 7.04. The first-order valence-electron chi connectivity index (χ1n) is 6.08. The fraction of sp³-hybridized carbons (Fsp3) is 0.462. The van der Waals surface area contributed by atoms with Crippen molar-refractivity contribution in [1.82, 2.24) is 5.01 Å². The lowest BCUT2D eigenvalue weighted by atomic mass is 10.1. The van der Waals surface area contributed by atoms with E-state index in [1.165, 1.54) is 0 Å². The minimum atomic E-state index is -0.243. The Labute approximate surface area is 139 Å². The van der Waals surface area contributed by atoms with Crippen LogP contribution < -0.4 is 5.01 Å². The van der Waals surface area contributed by atoms with Crippen molar-refractivity contribution < 1.29 is 0 Å². The Hall–Kier alpha value is -0.350. The van der Waals surface area contributed by atoms with E-state index in [1.807, 2.05) is 10.0 Å². The van der Waals surface area contributed by atoms with E-state index in [-0.39, 0.29) is 11.7 Å². The van der Waals surface area contributed by atoms with Gasteiger partial charge in [0.05, 0.1) is 27.2 Å². The van der Waals surface area contributed by atoms with E-state index in [0.29, 0.717) is 26.6 Å². The smallest absolute Gasteiger partial charge is 0.155 e. The molecular formula is C13H15Cl4N3. The molecule has 0 spiro atoms. The monoisotopic (exact) mass is 353 g/mol. The molecule has 1 heterocycles. The van der Waals surface area contributed by atoms with E-state index in [1.54, 1.807) is 18.5 Å². The van der Waals surface area contributed by atoms with Gasteiger partial charge in [0.2, 0.25) is 0 Å². The second kappa shape index (κ2) is 5.80. The molecule has 0 aromatic heterocycles. The first-order valence-corrected chi connectivity index (χ1v) is 7.75. The van der Waals surface area contributed by atoms with Gasteiger partial charge >= 0.3 is 0 Å². The van der Waals surface area contributed by atoms with Crippen molar-refractivity contribution in [3.63, 3.8) is 0 Å². The minimum absolute atomic E-state index is 0.184. The van der Waals surface area contributed by atoms with Crippen LogP contribution in [0, 0.1) is 0 Å². The SMILES string of the molecule is CC(C)(C)N1C=NC(CCl)N1c1c(Cl)cc(Cl)cc1Cl. The molecule has 0 amide bonds. The minimum Gasteiger partial charge on any atom is -0.267 e. The van der Waals surface area contributed by atoms with Gasteiger partial charge in [-0.15, -0.1) is 11.6 Å². The van der Waals surface area contributed by atoms with Gasteiger partial charge in [-0.3, -0.25) is 10.0 Å². The number of hydrazine groups is 1. The van der Waals surface area contributed by atoms with Gasteiger partial charge in [-0.25, -0.2) is 4.99 Å². The van der Waals surface area contributed by atoms with Crippen LogP contribution in [-0.4, -0.2) is 28.9 Å². The summed E-state index contributed by atoms with van der Waals surface area (Å²) < 4.78 is 0. The molecule has 7 heteroatoms. The zero-order valence-electron chi connectivity index (χ0n) is 11.4.